The van der Waals surface area contributed by atoms with Gasteiger partial charge in [0.2, 0.25) is 5.91 Å². The maximum absolute atomic E-state index is 12.8. The summed E-state index contributed by atoms with van der Waals surface area (Å²) in [5, 5.41) is 7.99. The molecule has 5 rings (SSSR count). The Bertz CT molecular complexity index is 1570. The Hall–Kier alpha value is -5.25. The van der Waals surface area contributed by atoms with Gasteiger partial charge in [0.15, 0.2) is 5.65 Å². The van der Waals surface area contributed by atoms with Crippen LogP contribution in [0.15, 0.2) is 85.2 Å². The van der Waals surface area contributed by atoms with Crippen LogP contribution >= 0.6 is 0 Å². The first-order chi connectivity index (χ1) is 18.0. The fraction of sp³-hybridized carbons (Fsp3) is 0.0741. The second-order valence-corrected chi connectivity index (χ2v) is 8.07. The zero-order chi connectivity index (χ0) is 25.8. The third kappa shape index (κ3) is 5.38. The molecule has 0 spiro atoms. The molecule has 37 heavy (non-hydrogen) atoms. The standard InChI is InChI=1S/C27H22N6O4/c1-17(34)36-21-13-9-19(10-14-21)31-23(35)15-33-27-24(26(28)29-16-30-27)25(32-33)18-7-11-22(12-8-18)37-20-5-3-2-4-6-20/h2-14,16H,15H2,1H3,(H,31,35)(H2,28,29,30). The molecule has 0 radical (unpaired) electrons. The summed E-state index contributed by atoms with van der Waals surface area (Å²) in [6, 6.07) is 23.3. The number of rotatable bonds is 7. The fourth-order valence-corrected chi connectivity index (χ4v) is 3.76. The molecule has 3 aromatic carbocycles. The maximum atomic E-state index is 12.8. The zero-order valence-corrected chi connectivity index (χ0v) is 19.8. The molecule has 5 aromatic rings. The van der Waals surface area contributed by atoms with E-state index in [2.05, 4.69) is 20.4 Å². The van der Waals surface area contributed by atoms with E-state index >= 15 is 0 Å². The Balaban J connectivity index is 1.37. The lowest BCUT2D eigenvalue weighted by Crippen LogP contribution is -2.19. The van der Waals surface area contributed by atoms with Crippen LogP contribution in [0.3, 0.4) is 0 Å². The lowest BCUT2D eigenvalue weighted by molar-refractivity contribution is -0.131. The van der Waals surface area contributed by atoms with E-state index < -0.39 is 5.97 Å². The quantitative estimate of drug-likeness (QED) is 0.251. The minimum Gasteiger partial charge on any atom is -0.457 e. The summed E-state index contributed by atoms with van der Waals surface area (Å²) >= 11 is 0. The summed E-state index contributed by atoms with van der Waals surface area (Å²) in [6.07, 6.45) is 1.34. The van der Waals surface area contributed by atoms with E-state index in [0.717, 1.165) is 11.3 Å². The van der Waals surface area contributed by atoms with Crippen molar-refractivity contribution in [3.05, 3.63) is 85.2 Å². The topological polar surface area (TPSA) is 134 Å². The van der Waals surface area contributed by atoms with Crippen LogP contribution in [0.5, 0.6) is 17.2 Å². The van der Waals surface area contributed by atoms with Crippen LogP contribution in [0, 0.1) is 0 Å². The van der Waals surface area contributed by atoms with E-state index in [1.165, 1.54) is 17.9 Å². The monoisotopic (exact) mass is 494 g/mol. The summed E-state index contributed by atoms with van der Waals surface area (Å²) in [4.78, 5) is 32.3. The molecule has 0 aliphatic rings. The number of hydrogen-bond acceptors (Lipinski definition) is 8. The highest BCUT2D eigenvalue weighted by Gasteiger charge is 2.19. The van der Waals surface area contributed by atoms with E-state index in [1.54, 1.807) is 24.3 Å². The molecule has 1 amide bonds. The van der Waals surface area contributed by atoms with Gasteiger partial charge in [-0.2, -0.15) is 5.10 Å². The van der Waals surface area contributed by atoms with Gasteiger partial charge in [0.1, 0.15) is 41.6 Å². The van der Waals surface area contributed by atoms with Crippen LogP contribution in [0.4, 0.5) is 11.5 Å². The molecule has 2 heterocycles. The normalized spacial score (nSPS) is 10.7. The number of carbonyl (C=O) groups is 2. The van der Waals surface area contributed by atoms with Crippen LogP contribution in [-0.4, -0.2) is 31.6 Å². The summed E-state index contributed by atoms with van der Waals surface area (Å²) < 4.78 is 12.4. The van der Waals surface area contributed by atoms with Crippen LogP contribution in [0.25, 0.3) is 22.3 Å². The number of carbonyl (C=O) groups excluding carboxylic acids is 2. The summed E-state index contributed by atoms with van der Waals surface area (Å²) in [6.45, 7) is 1.22. The van der Waals surface area contributed by atoms with Gasteiger partial charge in [0.25, 0.3) is 0 Å². The number of anilines is 2. The minimum atomic E-state index is -0.419. The number of nitrogens with one attached hydrogen (secondary N) is 1. The molecule has 10 nitrogen and oxygen atoms in total. The Morgan fingerprint density at radius 1 is 0.892 bits per heavy atom. The third-order valence-corrected chi connectivity index (χ3v) is 5.36. The average molecular weight is 495 g/mol. The summed E-state index contributed by atoms with van der Waals surface area (Å²) in [5.41, 5.74) is 8.48. The number of benzene rings is 3. The van der Waals surface area contributed by atoms with Crippen molar-refractivity contribution in [2.24, 2.45) is 0 Å². The predicted molar refractivity (Wildman–Crippen MR) is 138 cm³/mol. The first-order valence-corrected chi connectivity index (χ1v) is 11.3. The van der Waals surface area contributed by atoms with Crippen LogP contribution < -0.4 is 20.5 Å². The van der Waals surface area contributed by atoms with Gasteiger partial charge in [-0.1, -0.05) is 18.2 Å². The number of nitrogen functional groups attached to an aromatic ring is 1. The average Bonchev–Trinajstić information content (AvgIpc) is 3.25. The van der Waals surface area contributed by atoms with E-state index in [1.807, 2.05) is 54.6 Å². The largest absolute Gasteiger partial charge is 0.457 e. The molecule has 0 bridgehead atoms. The van der Waals surface area contributed by atoms with Crippen molar-refractivity contribution in [3.8, 4) is 28.5 Å². The number of fused-ring (bicyclic) bond motifs is 1. The SMILES string of the molecule is CC(=O)Oc1ccc(NC(=O)Cn2nc(-c3ccc(Oc4ccccc4)cc3)c3c(N)ncnc32)cc1. The molecule has 184 valence electrons. The minimum absolute atomic E-state index is 0.103. The van der Waals surface area contributed by atoms with E-state index in [4.69, 9.17) is 15.2 Å². The fourth-order valence-electron chi connectivity index (χ4n) is 3.76. The van der Waals surface area contributed by atoms with Crippen LogP contribution in [0.1, 0.15) is 6.92 Å². The smallest absolute Gasteiger partial charge is 0.308 e. The Labute approximate surface area is 211 Å². The number of hydrogen-bond donors (Lipinski definition) is 2. The van der Waals surface area contributed by atoms with E-state index in [9.17, 15) is 9.59 Å². The van der Waals surface area contributed by atoms with Gasteiger partial charge in [-0.15, -0.1) is 0 Å². The lowest BCUT2D eigenvalue weighted by Gasteiger charge is -2.07. The molecule has 10 heteroatoms. The number of esters is 1. The van der Waals surface area contributed by atoms with Gasteiger partial charge in [-0.25, -0.2) is 14.6 Å². The highest BCUT2D eigenvalue weighted by atomic mass is 16.5. The van der Waals surface area contributed by atoms with Crippen LogP contribution in [0.2, 0.25) is 0 Å². The summed E-state index contributed by atoms with van der Waals surface area (Å²) in [5.74, 6) is 1.31. The third-order valence-electron chi connectivity index (χ3n) is 5.36. The maximum Gasteiger partial charge on any atom is 0.308 e. The predicted octanol–water partition coefficient (Wildman–Crippen LogP) is 4.43. The first-order valence-electron chi connectivity index (χ1n) is 11.3. The molecular weight excluding hydrogens is 472 g/mol. The molecule has 0 aliphatic carbocycles. The number of para-hydroxylation sites is 1. The second kappa shape index (κ2) is 10.2. The Morgan fingerprint density at radius 2 is 1.57 bits per heavy atom. The van der Waals surface area contributed by atoms with Gasteiger partial charge >= 0.3 is 5.97 Å². The molecular formula is C27H22N6O4. The van der Waals surface area contributed by atoms with Crippen molar-refractivity contribution >= 4 is 34.4 Å². The second-order valence-electron chi connectivity index (χ2n) is 8.07. The van der Waals surface area contributed by atoms with Gasteiger partial charge < -0.3 is 20.5 Å². The Morgan fingerprint density at radius 3 is 2.27 bits per heavy atom. The van der Waals surface area contributed by atoms with Crippen molar-refractivity contribution in [2.45, 2.75) is 13.5 Å². The van der Waals surface area contributed by atoms with E-state index in [0.29, 0.717) is 33.9 Å². The van der Waals surface area contributed by atoms with Crippen molar-refractivity contribution in [2.75, 3.05) is 11.1 Å². The highest BCUT2D eigenvalue weighted by molar-refractivity contribution is 5.99. The Kier molecular flexibility index (Phi) is 6.45. The number of amides is 1. The van der Waals surface area contributed by atoms with Gasteiger partial charge in [0, 0.05) is 18.2 Å². The molecule has 0 saturated carbocycles. The van der Waals surface area contributed by atoms with Crippen LogP contribution in [-0.2, 0) is 16.1 Å². The molecule has 0 unspecified atom stereocenters. The molecule has 0 fully saturated rings. The molecule has 0 saturated heterocycles. The number of nitrogens with two attached hydrogens (primary N) is 1. The van der Waals surface area contributed by atoms with Crippen molar-refractivity contribution in [1.82, 2.24) is 19.7 Å². The number of nitrogens with zero attached hydrogens (tertiary/aromatic N) is 4. The number of aromatic nitrogens is 4. The lowest BCUT2D eigenvalue weighted by atomic mass is 10.1. The van der Waals surface area contributed by atoms with E-state index in [-0.39, 0.29) is 18.3 Å². The van der Waals surface area contributed by atoms with Crippen molar-refractivity contribution < 1.29 is 19.1 Å². The van der Waals surface area contributed by atoms with Gasteiger partial charge in [0.05, 0.1) is 5.39 Å². The summed E-state index contributed by atoms with van der Waals surface area (Å²) in [7, 11) is 0. The molecule has 3 N–H and O–H groups in total. The molecule has 0 atom stereocenters. The first kappa shape index (κ1) is 23.5. The van der Waals surface area contributed by atoms with Gasteiger partial charge in [-0.3, -0.25) is 9.59 Å². The van der Waals surface area contributed by atoms with Gasteiger partial charge in [-0.05, 0) is 60.7 Å². The number of ether oxygens (including phenoxy) is 2. The van der Waals surface area contributed by atoms with Crippen molar-refractivity contribution in [1.29, 1.82) is 0 Å². The molecule has 0 aliphatic heterocycles. The molecule has 2 aromatic heterocycles. The highest BCUT2D eigenvalue weighted by Crippen LogP contribution is 2.32. The van der Waals surface area contributed by atoms with Crippen molar-refractivity contribution in [3.63, 3.8) is 0 Å². The zero-order valence-electron chi connectivity index (χ0n) is 19.8.